The second-order valence-corrected chi connectivity index (χ2v) is 6.22. The summed E-state index contributed by atoms with van der Waals surface area (Å²) in [6.45, 7) is 2.55. The fraction of sp³-hybridized carbons (Fsp3) is 0.238. The van der Waals surface area contributed by atoms with Gasteiger partial charge in [-0.15, -0.1) is 0 Å². The van der Waals surface area contributed by atoms with Crippen LogP contribution in [0, 0.1) is 0 Å². The first-order valence-corrected chi connectivity index (χ1v) is 8.67. The van der Waals surface area contributed by atoms with Crippen LogP contribution in [0.5, 0.6) is 11.5 Å². The van der Waals surface area contributed by atoms with Gasteiger partial charge in [-0.25, -0.2) is 0 Å². The van der Waals surface area contributed by atoms with Crippen LogP contribution in [-0.2, 0) is 20.0 Å². The Morgan fingerprint density at radius 2 is 1.73 bits per heavy atom. The zero-order valence-electron chi connectivity index (χ0n) is 15.3. The molecule has 26 heavy (non-hydrogen) atoms. The van der Waals surface area contributed by atoms with Crippen LogP contribution in [0.3, 0.4) is 0 Å². The molecule has 0 unspecified atom stereocenters. The van der Waals surface area contributed by atoms with E-state index in [4.69, 9.17) is 4.74 Å². The first kappa shape index (κ1) is 17.7. The number of hydrogen-bond donors (Lipinski definition) is 0. The molecule has 134 valence electrons. The quantitative estimate of drug-likeness (QED) is 0.674. The number of carbonyl (C=O) groups is 1. The number of rotatable bonds is 6. The number of aromatic nitrogens is 2. The van der Waals surface area contributed by atoms with Crippen LogP contribution in [0.4, 0.5) is 0 Å². The third-order valence-electron chi connectivity index (χ3n) is 4.18. The fourth-order valence-corrected chi connectivity index (χ4v) is 2.73. The van der Waals surface area contributed by atoms with Crippen LogP contribution in [0.2, 0.25) is 0 Å². The molecule has 5 nitrogen and oxygen atoms in total. The molecule has 2 aromatic carbocycles. The molecule has 0 radical (unpaired) electrons. The molecule has 0 N–H and O–H groups in total. The zero-order valence-corrected chi connectivity index (χ0v) is 15.3. The first-order valence-electron chi connectivity index (χ1n) is 8.67. The van der Waals surface area contributed by atoms with E-state index in [1.54, 1.807) is 23.7 Å². The summed E-state index contributed by atoms with van der Waals surface area (Å²) < 4.78 is 7.44. The molecule has 1 heterocycles. The third kappa shape index (κ3) is 4.11. The summed E-state index contributed by atoms with van der Waals surface area (Å²) in [7, 11) is 3.60. The number of carbonyl (C=O) groups excluding carboxylic acids is 1. The molecule has 0 saturated carbocycles. The molecule has 0 saturated heterocycles. The average Bonchev–Trinajstić information content (AvgIpc) is 3.04. The Kier molecular flexibility index (Phi) is 5.37. The van der Waals surface area contributed by atoms with Gasteiger partial charge in [0.2, 0.25) is 0 Å². The molecular weight excluding hydrogens is 326 g/mol. The Balaban J connectivity index is 1.64. The molecule has 3 rings (SSSR count). The van der Waals surface area contributed by atoms with Gasteiger partial charge in [-0.05, 0) is 42.3 Å². The maximum atomic E-state index is 12.6. The number of aryl methyl sites for hydroxylation is 2. The standard InChI is InChI=1S/C21H23N3O2/c1-4-17-14-20(24(3)22-17)21(25)23(2)15-16-10-12-19(13-11-16)26-18-8-6-5-7-9-18/h5-14H,4,15H2,1-3H3. The van der Waals surface area contributed by atoms with Gasteiger partial charge in [0.05, 0.1) is 5.69 Å². The number of amides is 1. The van der Waals surface area contributed by atoms with Gasteiger partial charge >= 0.3 is 0 Å². The summed E-state index contributed by atoms with van der Waals surface area (Å²) in [6.07, 6.45) is 0.813. The van der Waals surface area contributed by atoms with Gasteiger partial charge in [0.1, 0.15) is 17.2 Å². The van der Waals surface area contributed by atoms with Gasteiger partial charge in [-0.1, -0.05) is 37.3 Å². The lowest BCUT2D eigenvalue weighted by atomic mass is 10.2. The van der Waals surface area contributed by atoms with Crippen molar-refractivity contribution in [3.05, 3.63) is 77.6 Å². The lowest BCUT2D eigenvalue weighted by Crippen LogP contribution is -2.28. The molecule has 0 aliphatic carbocycles. The molecule has 1 aromatic heterocycles. The Hall–Kier alpha value is -3.08. The summed E-state index contributed by atoms with van der Waals surface area (Å²) in [5, 5.41) is 4.34. The molecule has 0 bridgehead atoms. The molecule has 5 heteroatoms. The van der Waals surface area contributed by atoms with Crippen molar-refractivity contribution in [1.82, 2.24) is 14.7 Å². The minimum absolute atomic E-state index is 0.0377. The van der Waals surface area contributed by atoms with E-state index < -0.39 is 0 Å². The van der Waals surface area contributed by atoms with E-state index in [0.717, 1.165) is 29.2 Å². The van der Waals surface area contributed by atoms with Gasteiger partial charge in [-0.2, -0.15) is 5.10 Å². The Labute approximate surface area is 153 Å². The smallest absolute Gasteiger partial charge is 0.272 e. The van der Waals surface area contributed by atoms with Crippen LogP contribution >= 0.6 is 0 Å². The molecular formula is C21H23N3O2. The molecule has 1 amide bonds. The monoisotopic (exact) mass is 349 g/mol. The summed E-state index contributed by atoms with van der Waals surface area (Å²) in [6, 6.07) is 19.3. The van der Waals surface area contributed by atoms with Crippen LogP contribution in [0.1, 0.15) is 28.7 Å². The van der Waals surface area contributed by atoms with Gasteiger partial charge in [0.25, 0.3) is 5.91 Å². The molecule has 3 aromatic rings. The molecule has 0 fully saturated rings. The summed E-state index contributed by atoms with van der Waals surface area (Å²) in [5.41, 5.74) is 2.57. The van der Waals surface area contributed by atoms with Crippen molar-refractivity contribution < 1.29 is 9.53 Å². The molecule has 0 spiro atoms. The van der Waals surface area contributed by atoms with E-state index >= 15 is 0 Å². The van der Waals surface area contributed by atoms with E-state index in [1.165, 1.54) is 0 Å². The van der Waals surface area contributed by atoms with Crippen molar-refractivity contribution >= 4 is 5.91 Å². The Morgan fingerprint density at radius 3 is 2.35 bits per heavy atom. The third-order valence-corrected chi connectivity index (χ3v) is 4.18. The number of ether oxygens (including phenoxy) is 1. The summed E-state index contributed by atoms with van der Waals surface area (Å²) in [5.74, 6) is 1.54. The maximum Gasteiger partial charge on any atom is 0.272 e. The highest BCUT2D eigenvalue weighted by atomic mass is 16.5. The number of para-hydroxylation sites is 1. The second-order valence-electron chi connectivity index (χ2n) is 6.22. The van der Waals surface area contributed by atoms with Crippen LogP contribution in [0.15, 0.2) is 60.7 Å². The van der Waals surface area contributed by atoms with Crippen molar-refractivity contribution in [3.63, 3.8) is 0 Å². The van der Waals surface area contributed by atoms with Crippen molar-refractivity contribution in [2.24, 2.45) is 7.05 Å². The number of hydrogen-bond acceptors (Lipinski definition) is 3. The first-order chi connectivity index (χ1) is 12.6. The lowest BCUT2D eigenvalue weighted by molar-refractivity contribution is 0.0774. The normalized spacial score (nSPS) is 10.6. The van der Waals surface area contributed by atoms with Gasteiger partial charge in [0.15, 0.2) is 0 Å². The van der Waals surface area contributed by atoms with E-state index in [2.05, 4.69) is 5.10 Å². The number of benzene rings is 2. The maximum absolute atomic E-state index is 12.6. The second kappa shape index (κ2) is 7.87. The van der Waals surface area contributed by atoms with Gasteiger partial charge in [-0.3, -0.25) is 9.48 Å². The molecule has 0 aliphatic rings. The zero-order chi connectivity index (χ0) is 18.5. The highest BCUT2D eigenvalue weighted by Gasteiger charge is 2.17. The van der Waals surface area contributed by atoms with Crippen molar-refractivity contribution in [3.8, 4) is 11.5 Å². The van der Waals surface area contributed by atoms with Crippen molar-refractivity contribution in [2.45, 2.75) is 19.9 Å². The summed E-state index contributed by atoms with van der Waals surface area (Å²) >= 11 is 0. The Morgan fingerprint density at radius 1 is 1.08 bits per heavy atom. The Bertz CT molecular complexity index is 870. The van der Waals surface area contributed by atoms with E-state index in [-0.39, 0.29) is 5.91 Å². The van der Waals surface area contributed by atoms with Crippen molar-refractivity contribution in [1.29, 1.82) is 0 Å². The predicted molar refractivity (Wildman–Crippen MR) is 101 cm³/mol. The average molecular weight is 349 g/mol. The predicted octanol–water partition coefficient (Wildman–Crippen LogP) is 4.05. The lowest BCUT2D eigenvalue weighted by Gasteiger charge is -2.17. The van der Waals surface area contributed by atoms with E-state index in [1.807, 2.05) is 67.6 Å². The van der Waals surface area contributed by atoms with E-state index in [0.29, 0.717) is 12.2 Å². The van der Waals surface area contributed by atoms with E-state index in [9.17, 15) is 4.79 Å². The molecule has 0 atom stereocenters. The minimum atomic E-state index is -0.0377. The van der Waals surface area contributed by atoms with Gasteiger partial charge in [0, 0.05) is 20.6 Å². The van der Waals surface area contributed by atoms with Crippen LogP contribution in [0.25, 0.3) is 0 Å². The number of nitrogens with zero attached hydrogens (tertiary/aromatic N) is 3. The SMILES string of the molecule is CCc1cc(C(=O)N(C)Cc2ccc(Oc3ccccc3)cc2)n(C)n1. The summed E-state index contributed by atoms with van der Waals surface area (Å²) in [4.78, 5) is 14.3. The van der Waals surface area contributed by atoms with Gasteiger partial charge < -0.3 is 9.64 Å². The molecule has 0 aliphatic heterocycles. The largest absolute Gasteiger partial charge is 0.457 e. The van der Waals surface area contributed by atoms with Crippen molar-refractivity contribution in [2.75, 3.05) is 7.05 Å². The van der Waals surface area contributed by atoms with Crippen LogP contribution in [-0.4, -0.2) is 27.6 Å². The fourth-order valence-electron chi connectivity index (χ4n) is 2.73. The van der Waals surface area contributed by atoms with Crippen LogP contribution < -0.4 is 4.74 Å². The minimum Gasteiger partial charge on any atom is -0.457 e. The topological polar surface area (TPSA) is 47.4 Å². The highest BCUT2D eigenvalue weighted by Crippen LogP contribution is 2.21. The highest BCUT2D eigenvalue weighted by molar-refractivity contribution is 5.92.